The van der Waals surface area contributed by atoms with E-state index in [0.29, 0.717) is 0 Å². The molecule has 0 aliphatic rings. The van der Waals surface area contributed by atoms with Crippen molar-refractivity contribution in [2.75, 3.05) is 6.26 Å². The molecule has 90 valence electrons. The van der Waals surface area contributed by atoms with Gasteiger partial charge >= 0.3 is 0 Å². The summed E-state index contributed by atoms with van der Waals surface area (Å²) in [5.41, 5.74) is 5.25. The third kappa shape index (κ3) is 1.65. The number of thioether (sulfide) groups is 1. The summed E-state index contributed by atoms with van der Waals surface area (Å²) in [6.45, 7) is 2.19. The van der Waals surface area contributed by atoms with Gasteiger partial charge in [0.2, 0.25) is 0 Å². The van der Waals surface area contributed by atoms with Crippen LogP contribution in [0.1, 0.15) is 5.69 Å². The fourth-order valence-corrected chi connectivity index (χ4v) is 3.33. The molecule has 1 nitrogen and oxygen atoms in total. The lowest BCUT2D eigenvalue weighted by atomic mass is 10.1. The van der Waals surface area contributed by atoms with Gasteiger partial charge in [0, 0.05) is 22.3 Å². The molecule has 1 aromatic carbocycles. The number of aromatic nitrogens is 1. The van der Waals surface area contributed by atoms with Crippen molar-refractivity contribution in [1.29, 1.82) is 0 Å². The topological polar surface area (TPSA) is 4.41 Å². The maximum atomic E-state index is 2.27. The van der Waals surface area contributed by atoms with Crippen LogP contribution in [0.4, 0.5) is 0 Å². The van der Waals surface area contributed by atoms with Crippen molar-refractivity contribution in [2.24, 2.45) is 0 Å². The lowest BCUT2D eigenvalue weighted by Gasteiger charge is -2.03. The first-order valence-corrected chi connectivity index (χ1v) is 7.24. The highest BCUT2D eigenvalue weighted by Crippen LogP contribution is 2.38. The second-order valence-corrected chi connectivity index (χ2v) is 5.13. The first-order valence-electron chi connectivity index (χ1n) is 6.02. The lowest BCUT2D eigenvalue weighted by molar-refractivity contribution is 1.11. The molecule has 2 heteroatoms. The van der Waals surface area contributed by atoms with Gasteiger partial charge in [-0.2, -0.15) is 0 Å². The van der Waals surface area contributed by atoms with E-state index >= 15 is 0 Å². The minimum atomic E-state index is 1.29. The lowest BCUT2D eigenvalue weighted by Crippen LogP contribution is -1.85. The maximum Gasteiger partial charge on any atom is 0.0595 e. The smallest absolute Gasteiger partial charge is 0.0595 e. The molecular formula is C16H15NS. The van der Waals surface area contributed by atoms with Crippen LogP contribution in [0.25, 0.3) is 16.6 Å². The average molecular weight is 253 g/mol. The number of hydrogen-bond acceptors (Lipinski definition) is 1. The van der Waals surface area contributed by atoms with Gasteiger partial charge in [-0.05, 0) is 30.9 Å². The molecule has 0 atom stereocenters. The van der Waals surface area contributed by atoms with Gasteiger partial charge in [0.25, 0.3) is 0 Å². The fourth-order valence-electron chi connectivity index (χ4n) is 2.48. The molecule has 0 spiro atoms. The number of hydrogen-bond donors (Lipinski definition) is 0. The highest BCUT2D eigenvalue weighted by atomic mass is 32.2. The fraction of sp³-hybridized carbons (Fsp3) is 0.125. The zero-order valence-corrected chi connectivity index (χ0v) is 11.4. The second kappa shape index (κ2) is 4.54. The third-order valence-corrected chi connectivity index (χ3v) is 4.13. The Hall–Kier alpha value is -1.67. The van der Waals surface area contributed by atoms with Gasteiger partial charge in [-0.25, -0.2) is 0 Å². The van der Waals surface area contributed by atoms with E-state index in [1.807, 2.05) is 11.8 Å². The van der Waals surface area contributed by atoms with Crippen LogP contribution in [0.5, 0.6) is 0 Å². The van der Waals surface area contributed by atoms with Crippen LogP contribution in [0.2, 0.25) is 0 Å². The molecule has 18 heavy (non-hydrogen) atoms. The Morgan fingerprint density at radius 2 is 1.67 bits per heavy atom. The van der Waals surface area contributed by atoms with Crippen LogP contribution in [0.15, 0.2) is 59.6 Å². The third-order valence-electron chi connectivity index (χ3n) is 3.31. The Morgan fingerprint density at radius 1 is 0.944 bits per heavy atom. The van der Waals surface area contributed by atoms with Crippen LogP contribution < -0.4 is 0 Å². The minimum absolute atomic E-state index is 1.29. The summed E-state index contributed by atoms with van der Waals surface area (Å²) >= 11 is 1.82. The summed E-state index contributed by atoms with van der Waals surface area (Å²) in [5.74, 6) is 0. The standard InChI is InChI=1S/C16H15NS/c1-12-15(13-8-4-3-5-9-13)16(18-2)14-10-6-7-11-17(12)14/h3-11H,1-2H3. The molecule has 0 saturated heterocycles. The van der Waals surface area contributed by atoms with Crippen LogP contribution >= 0.6 is 11.8 Å². The monoisotopic (exact) mass is 253 g/mol. The largest absolute Gasteiger partial charge is 0.319 e. The molecule has 2 aromatic heterocycles. The molecule has 0 amide bonds. The summed E-state index contributed by atoms with van der Waals surface area (Å²) in [6.07, 6.45) is 4.28. The van der Waals surface area contributed by atoms with E-state index in [9.17, 15) is 0 Å². The molecule has 0 unspecified atom stereocenters. The Morgan fingerprint density at radius 3 is 2.39 bits per heavy atom. The molecule has 0 aliphatic heterocycles. The van der Waals surface area contributed by atoms with Crippen molar-refractivity contribution < 1.29 is 0 Å². The Kier molecular flexibility index (Phi) is 2.88. The van der Waals surface area contributed by atoms with E-state index in [1.165, 1.54) is 27.2 Å². The number of fused-ring (bicyclic) bond motifs is 1. The zero-order valence-electron chi connectivity index (χ0n) is 10.6. The van der Waals surface area contributed by atoms with Gasteiger partial charge in [0.1, 0.15) is 0 Å². The molecule has 0 N–H and O–H groups in total. The first-order chi connectivity index (χ1) is 8.83. The highest BCUT2D eigenvalue weighted by Gasteiger charge is 2.15. The van der Waals surface area contributed by atoms with Gasteiger partial charge in [-0.1, -0.05) is 36.4 Å². The Balaban J connectivity index is 2.38. The van der Waals surface area contributed by atoms with Crippen molar-refractivity contribution in [1.82, 2.24) is 4.40 Å². The average Bonchev–Trinajstić information content (AvgIpc) is 2.73. The van der Waals surface area contributed by atoms with Crippen LogP contribution in [-0.2, 0) is 0 Å². The molecule has 0 radical (unpaired) electrons. The summed E-state index contributed by atoms with van der Waals surface area (Å²) in [7, 11) is 0. The molecule has 2 heterocycles. The van der Waals surface area contributed by atoms with Gasteiger partial charge in [-0.15, -0.1) is 11.8 Å². The molecule has 3 aromatic rings. The summed E-state index contributed by atoms with van der Waals surface area (Å²) in [6, 6.07) is 17.0. The quantitative estimate of drug-likeness (QED) is 0.602. The van der Waals surface area contributed by atoms with Crippen molar-refractivity contribution in [2.45, 2.75) is 11.8 Å². The van der Waals surface area contributed by atoms with E-state index in [2.05, 4.69) is 72.3 Å². The second-order valence-electron chi connectivity index (χ2n) is 4.32. The summed E-state index contributed by atoms with van der Waals surface area (Å²) < 4.78 is 2.27. The summed E-state index contributed by atoms with van der Waals surface area (Å²) in [5, 5.41) is 0. The van der Waals surface area contributed by atoms with Crippen LogP contribution in [0, 0.1) is 6.92 Å². The van der Waals surface area contributed by atoms with E-state index in [4.69, 9.17) is 0 Å². The minimum Gasteiger partial charge on any atom is -0.319 e. The number of nitrogens with zero attached hydrogens (tertiary/aromatic N) is 1. The van der Waals surface area contributed by atoms with Crippen molar-refractivity contribution >= 4 is 17.3 Å². The van der Waals surface area contributed by atoms with Gasteiger partial charge in [0.15, 0.2) is 0 Å². The molecular weight excluding hydrogens is 238 g/mol. The Labute approximate surface area is 111 Å². The molecule has 0 aliphatic carbocycles. The van der Waals surface area contributed by atoms with E-state index in [0.717, 1.165) is 0 Å². The van der Waals surface area contributed by atoms with E-state index < -0.39 is 0 Å². The van der Waals surface area contributed by atoms with Gasteiger partial charge < -0.3 is 4.40 Å². The van der Waals surface area contributed by atoms with Crippen LogP contribution in [0.3, 0.4) is 0 Å². The predicted octanol–water partition coefficient (Wildman–Crippen LogP) is 4.64. The van der Waals surface area contributed by atoms with Gasteiger partial charge in [0.05, 0.1) is 5.52 Å². The number of rotatable bonds is 2. The first kappa shape index (κ1) is 11.4. The molecule has 0 saturated carbocycles. The van der Waals surface area contributed by atoms with Crippen molar-refractivity contribution in [3.63, 3.8) is 0 Å². The highest BCUT2D eigenvalue weighted by molar-refractivity contribution is 7.99. The van der Waals surface area contributed by atoms with E-state index in [1.54, 1.807) is 0 Å². The number of benzene rings is 1. The zero-order chi connectivity index (χ0) is 12.5. The van der Waals surface area contributed by atoms with Crippen molar-refractivity contribution in [3.05, 3.63) is 60.4 Å². The summed E-state index contributed by atoms with van der Waals surface area (Å²) in [4.78, 5) is 1.36. The Bertz CT molecular complexity index is 683. The van der Waals surface area contributed by atoms with Crippen LogP contribution in [-0.4, -0.2) is 10.7 Å². The molecule has 0 fully saturated rings. The van der Waals surface area contributed by atoms with E-state index in [-0.39, 0.29) is 0 Å². The number of pyridine rings is 1. The normalized spacial score (nSPS) is 11.0. The van der Waals surface area contributed by atoms with Crippen molar-refractivity contribution in [3.8, 4) is 11.1 Å². The van der Waals surface area contributed by atoms with Gasteiger partial charge in [-0.3, -0.25) is 0 Å². The number of aryl methyl sites for hydroxylation is 1. The molecule has 3 rings (SSSR count). The maximum absolute atomic E-state index is 2.27. The molecule has 0 bridgehead atoms. The predicted molar refractivity (Wildman–Crippen MR) is 79.4 cm³/mol. The SMILES string of the molecule is CSc1c(-c2ccccc2)c(C)n2ccccc12.